The Hall–Kier alpha value is -4.19. The van der Waals surface area contributed by atoms with E-state index in [1.807, 2.05) is 0 Å². The number of rotatable bonds is 40. The maximum Gasteiger partial charge on any atom is 0.311 e. The number of hydrogen-bond acceptors (Lipinski definition) is 25. The molecule has 0 radical (unpaired) electrons. The lowest BCUT2D eigenvalue weighted by Gasteiger charge is -2.46. The highest BCUT2D eigenvalue weighted by Gasteiger charge is 2.47. The summed E-state index contributed by atoms with van der Waals surface area (Å²) in [5, 5.41) is 29.6. The second-order valence-electron chi connectivity index (χ2n) is 46.7. The largest absolute Gasteiger partial charge is 0.462 e. The van der Waals surface area contributed by atoms with Crippen LogP contribution in [0.15, 0.2) is 0 Å². The first kappa shape index (κ1) is 101. The maximum absolute atomic E-state index is 14.7. The highest BCUT2D eigenvalue weighted by Crippen LogP contribution is 2.38. The van der Waals surface area contributed by atoms with Crippen molar-refractivity contribution in [3.63, 3.8) is 0 Å². The summed E-state index contributed by atoms with van der Waals surface area (Å²) < 4.78 is 44.9. The molecule has 26 heteroatoms. The second-order valence-corrected chi connectivity index (χ2v) is 46.7. The molecule has 7 fully saturated rings. The molecule has 7 saturated heterocycles. The van der Waals surface area contributed by atoms with E-state index in [9.17, 15) is 33.6 Å². The van der Waals surface area contributed by atoms with Gasteiger partial charge in [0.05, 0.1) is 71.1 Å². The minimum absolute atomic E-state index is 0.0616. The van der Waals surface area contributed by atoms with Gasteiger partial charge in [-0.25, -0.2) is 0 Å². The molecule has 682 valence electrons. The minimum Gasteiger partial charge on any atom is -0.462 e. The molecule has 0 aliphatic carbocycles. The normalized spacial score (nSPS) is 24.7. The van der Waals surface area contributed by atoms with Crippen molar-refractivity contribution in [3.05, 3.63) is 0 Å². The van der Waals surface area contributed by atoms with Gasteiger partial charge in [-0.2, -0.15) is 0 Å². The molecule has 7 heterocycles. The number of nitrogens with zero attached hydrogens (tertiary/aromatic N) is 4. The van der Waals surface area contributed by atoms with Crippen LogP contribution in [0, 0.1) is 0 Å². The predicted molar refractivity (Wildman–Crippen MR) is 467 cm³/mol. The van der Waals surface area contributed by atoms with E-state index >= 15 is 0 Å². The van der Waals surface area contributed by atoms with Crippen LogP contribution in [-0.4, -0.2) is 279 Å². The molecule has 0 spiro atoms. The number of hydrogen-bond donors (Lipinski definition) is 8. The predicted octanol–water partition coefficient (Wildman–Crippen LogP) is 11.0. The zero-order valence-electron chi connectivity index (χ0n) is 79.5. The number of esters is 7. The van der Waals surface area contributed by atoms with Gasteiger partial charge >= 0.3 is 41.8 Å². The highest BCUT2D eigenvalue weighted by atomic mass is 16.6. The quantitative estimate of drug-likeness (QED) is 0.0122. The Morgan fingerprint density at radius 2 is 0.398 bits per heavy atom. The first-order valence-electron chi connectivity index (χ1n) is 45.5. The summed E-state index contributed by atoms with van der Waals surface area (Å²) in [6.07, 6.45) is 7.85. The van der Waals surface area contributed by atoms with Gasteiger partial charge in [-0.1, -0.05) is 0 Å². The Morgan fingerprint density at radius 3 is 0.602 bits per heavy atom. The van der Waals surface area contributed by atoms with Gasteiger partial charge in [-0.3, -0.25) is 38.5 Å². The van der Waals surface area contributed by atoms with Crippen LogP contribution < -0.4 is 42.5 Å². The van der Waals surface area contributed by atoms with Gasteiger partial charge in [0.2, 0.25) is 0 Å². The fourth-order valence-corrected chi connectivity index (χ4v) is 22.8. The van der Waals surface area contributed by atoms with Crippen molar-refractivity contribution in [1.82, 2.24) is 57.2 Å². The van der Waals surface area contributed by atoms with Crippen molar-refractivity contribution in [3.8, 4) is 0 Å². The van der Waals surface area contributed by atoms with Crippen LogP contribution in [-0.2, 0) is 66.7 Å². The lowest BCUT2D eigenvalue weighted by molar-refractivity contribution is -0.925. The SMILES string of the molecule is CC1(C)CC(OC(=O)CCNCC[N+](CCC(=O)OC2CC(C)(C)NC(C)(C)C2)(CCC(=O)OC2CC(C)(C)NC(C)(C)C2)CCN(CCC(=O)OC2CC(C)(C)NC(C)(C)C2)CCN(CCC(=O)OC2CC(C)(C)NC(C)(C)C2)CCN(CCC(=O)OC2CC(C)(C)NC(C)(C)C2)CCC(=O)OC2CC(C)(C)NC(C)(C)C2)CC(C)(C)N1. The lowest BCUT2D eigenvalue weighted by atomic mass is 9.81. The van der Waals surface area contributed by atoms with Gasteiger partial charge in [0.25, 0.3) is 0 Å². The van der Waals surface area contributed by atoms with Gasteiger partial charge in [-0.15, -0.1) is 0 Å². The fraction of sp³-hybridized carbons (Fsp3) is 0.924. The molecule has 7 aliphatic rings. The Bertz CT molecular complexity index is 3100. The second kappa shape index (κ2) is 40.0. The van der Waals surface area contributed by atoms with Gasteiger partial charge in [0.15, 0.2) is 0 Å². The molecule has 0 unspecified atom stereocenters. The molecule has 8 N–H and O–H groups in total. The van der Waals surface area contributed by atoms with Crippen LogP contribution in [0.25, 0.3) is 0 Å². The van der Waals surface area contributed by atoms with Gasteiger partial charge < -0.3 is 90.0 Å². The summed E-state index contributed by atoms with van der Waals surface area (Å²) in [5.41, 5.74) is -3.59. The van der Waals surface area contributed by atoms with Crippen LogP contribution in [0.5, 0.6) is 0 Å². The fourth-order valence-electron chi connectivity index (χ4n) is 22.8. The maximum atomic E-state index is 14.7. The summed E-state index contributed by atoms with van der Waals surface area (Å²) in [6.45, 7) is 65.5. The molecule has 26 nitrogen and oxygen atoms in total. The number of quaternary nitrogens is 1. The van der Waals surface area contributed by atoms with Crippen LogP contribution in [0.2, 0.25) is 0 Å². The zero-order valence-corrected chi connectivity index (χ0v) is 79.5. The van der Waals surface area contributed by atoms with Crippen molar-refractivity contribution in [1.29, 1.82) is 0 Å². The van der Waals surface area contributed by atoms with Crippen LogP contribution in [0.3, 0.4) is 0 Å². The molecule has 0 aromatic carbocycles. The minimum atomic E-state index is -0.321. The molecule has 7 aliphatic heterocycles. The Kier molecular flexibility index (Phi) is 34.2. The van der Waals surface area contributed by atoms with Gasteiger partial charge in [-0.05, 0) is 194 Å². The van der Waals surface area contributed by atoms with Crippen LogP contribution >= 0.6 is 0 Å². The van der Waals surface area contributed by atoms with E-state index in [1.165, 1.54) is 0 Å². The number of piperidine rings is 7. The molecule has 118 heavy (non-hydrogen) atoms. The van der Waals surface area contributed by atoms with E-state index in [2.05, 4.69) is 251 Å². The molecule has 0 saturated carbocycles. The summed E-state index contributed by atoms with van der Waals surface area (Å²) >= 11 is 0. The zero-order chi connectivity index (χ0) is 88.4. The number of carbonyl (C=O) groups is 7. The summed E-state index contributed by atoms with van der Waals surface area (Å²) in [5.74, 6) is -2.13. The molecular weight excluding hydrogens is 1500 g/mol. The molecule has 7 rings (SSSR count). The first-order valence-corrected chi connectivity index (χ1v) is 45.5. The average molecular weight is 1670 g/mol. The third kappa shape index (κ3) is 36.9. The van der Waals surface area contributed by atoms with E-state index in [4.69, 9.17) is 33.2 Å². The van der Waals surface area contributed by atoms with Crippen LogP contribution in [0.1, 0.15) is 329 Å². The molecule has 0 atom stereocenters. The lowest BCUT2D eigenvalue weighted by Crippen LogP contribution is -2.60. The highest BCUT2D eigenvalue weighted by molar-refractivity contribution is 5.72. The van der Waals surface area contributed by atoms with E-state index in [0.717, 1.165) is 0 Å². The van der Waals surface area contributed by atoms with Crippen molar-refractivity contribution >= 4 is 41.8 Å². The van der Waals surface area contributed by atoms with E-state index in [1.54, 1.807) is 0 Å². The molecular formula is C92H171N12O14+. The first-order chi connectivity index (χ1) is 53.8. The van der Waals surface area contributed by atoms with E-state index < -0.39 is 0 Å². The Labute approximate surface area is 713 Å². The van der Waals surface area contributed by atoms with E-state index in [-0.39, 0.29) is 211 Å². The summed E-state index contributed by atoms with van der Waals surface area (Å²) in [7, 11) is 0. The third-order valence-electron chi connectivity index (χ3n) is 24.9. The average Bonchev–Trinajstić information content (AvgIpc) is 0.867. The van der Waals surface area contributed by atoms with Crippen LogP contribution in [0.4, 0.5) is 0 Å². The Balaban J connectivity index is 1.23. The molecule has 0 bridgehead atoms. The van der Waals surface area contributed by atoms with Crippen molar-refractivity contribution in [2.75, 3.05) is 98.2 Å². The van der Waals surface area contributed by atoms with Crippen molar-refractivity contribution in [2.24, 2.45) is 0 Å². The van der Waals surface area contributed by atoms with E-state index in [0.29, 0.717) is 188 Å². The van der Waals surface area contributed by atoms with Crippen molar-refractivity contribution in [2.45, 2.75) is 449 Å². The molecule has 0 amide bonds. The van der Waals surface area contributed by atoms with Crippen molar-refractivity contribution < 1.29 is 71.2 Å². The number of nitrogens with one attached hydrogen (secondary N) is 8. The standard InChI is InChI=1S/C92H171N12O14/c1-79(2)51-65(52-80(3,4)94-79)112-72(105)29-36-93-37-49-104(47-34-77(110)117-70-61-89(21,22)99-90(23,24)62-70,48-35-78(111)118-71-63-91(25,26)100-92(27,28)64-71)50-46-103(41-33-76(109)116-69-59-87(17,18)98-88(19,20)60-69)45-44-102(40-32-75(108)115-68-57-85(13,14)97-86(15,16)58-68)43-42-101(38-30-73(106)113-66-53-81(5,6)95-82(7,8)54-66)39-31-74(107)114-67-55-83(9,10)96-84(11,12)56-67/h65-71,93-100H,29-64H2,1-28H3/q+1. The van der Waals surface area contributed by atoms with Gasteiger partial charge in [0.1, 0.15) is 42.7 Å². The topological polar surface area (TPSA) is 290 Å². The summed E-state index contributed by atoms with van der Waals surface area (Å²) in [4.78, 5) is 107. The molecule has 0 aromatic heterocycles. The third-order valence-corrected chi connectivity index (χ3v) is 24.9. The molecule has 0 aromatic rings. The number of ether oxygens (including phenoxy) is 7. The smallest absolute Gasteiger partial charge is 0.311 e. The monoisotopic (exact) mass is 1670 g/mol. The number of carbonyl (C=O) groups excluding carboxylic acids is 7. The van der Waals surface area contributed by atoms with Gasteiger partial charge in [0, 0.05) is 239 Å². The Morgan fingerprint density at radius 1 is 0.229 bits per heavy atom. The summed E-state index contributed by atoms with van der Waals surface area (Å²) in [6, 6.07) is 0.